The van der Waals surface area contributed by atoms with E-state index in [0.717, 1.165) is 19.5 Å². The second-order valence-corrected chi connectivity index (χ2v) is 3.59. The summed E-state index contributed by atoms with van der Waals surface area (Å²) in [6, 6.07) is -0.218. The summed E-state index contributed by atoms with van der Waals surface area (Å²) in [4.78, 5) is 17.2. The lowest BCUT2D eigenvalue weighted by molar-refractivity contribution is -0.123. The Hall–Kier alpha value is -1.30. The quantitative estimate of drug-likeness (QED) is 0.288. The van der Waals surface area contributed by atoms with E-state index in [1.807, 2.05) is 18.7 Å². The van der Waals surface area contributed by atoms with Gasteiger partial charge in [-0.25, -0.2) is 0 Å². The highest BCUT2D eigenvalue weighted by molar-refractivity contribution is 5.79. The molecule has 0 heterocycles. The van der Waals surface area contributed by atoms with Gasteiger partial charge in [-0.2, -0.15) is 0 Å². The number of hydrogen-bond donors (Lipinski definition) is 3. The molecule has 6 heteroatoms. The third-order valence-corrected chi connectivity index (χ3v) is 2.51. The highest BCUT2D eigenvalue weighted by atomic mass is 16.1. The van der Waals surface area contributed by atoms with Crippen molar-refractivity contribution in [2.45, 2.75) is 32.7 Å². The summed E-state index contributed by atoms with van der Waals surface area (Å²) in [6.07, 6.45) is 1.44. The van der Waals surface area contributed by atoms with E-state index in [-0.39, 0.29) is 17.9 Å². The van der Waals surface area contributed by atoms with Crippen molar-refractivity contribution in [1.29, 1.82) is 0 Å². The van der Waals surface area contributed by atoms with Crippen molar-refractivity contribution >= 4 is 11.9 Å². The molecule has 0 aliphatic rings. The standard InChI is InChI=1S/C10H23N5O/c1-3-15(4-2)8(9(11)16)6-5-7-14-10(12)13/h8H,3-7H2,1-2H3,(H2,11,16)(H4,12,13,14)/t8-/m0/s1. The Bertz CT molecular complexity index is 233. The smallest absolute Gasteiger partial charge is 0.234 e. The molecule has 0 aliphatic carbocycles. The first-order chi connectivity index (χ1) is 7.52. The van der Waals surface area contributed by atoms with Crippen molar-refractivity contribution in [1.82, 2.24) is 4.90 Å². The van der Waals surface area contributed by atoms with Gasteiger partial charge in [-0.1, -0.05) is 13.8 Å². The number of carbonyl (C=O) groups is 1. The summed E-state index contributed by atoms with van der Waals surface area (Å²) in [6.45, 7) is 6.18. The maximum absolute atomic E-state index is 11.3. The average molecular weight is 229 g/mol. The topological polar surface area (TPSA) is 111 Å². The van der Waals surface area contributed by atoms with E-state index in [1.165, 1.54) is 0 Å². The molecule has 94 valence electrons. The number of carbonyl (C=O) groups excluding carboxylic acids is 1. The molecule has 6 nitrogen and oxygen atoms in total. The molecule has 0 aromatic rings. The van der Waals surface area contributed by atoms with Crippen LogP contribution in [0.25, 0.3) is 0 Å². The van der Waals surface area contributed by atoms with Gasteiger partial charge in [-0.15, -0.1) is 0 Å². The molecular formula is C10H23N5O. The van der Waals surface area contributed by atoms with Crippen molar-refractivity contribution in [2.24, 2.45) is 22.2 Å². The molecule has 0 aromatic heterocycles. The molecule has 1 amide bonds. The zero-order valence-electron chi connectivity index (χ0n) is 10.1. The molecule has 16 heavy (non-hydrogen) atoms. The zero-order chi connectivity index (χ0) is 12.6. The molecule has 0 saturated carbocycles. The van der Waals surface area contributed by atoms with Crippen LogP contribution in [-0.4, -0.2) is 42.4 Å². The molecule has 0 unspecified atom stereocenters. The predicted octanol–water partition coefficient (Wildman–Crippen LogP) is -0.764. The number of nitrogens with zero attached hydrogens (tertiary/aromatic N) is 2. The Balaban J connectivity index is 4.14. The van der Waals surface area contributed by atoms with Crippen LogP contribution in [0.4, 0.5) is 0 Å². The summed E-state index contributed by atoms with van der Waals surface area (Å²) in [5.41, 5.74) is 15.8. The molecular weight excluding hydrogens is 206 g/mol. The maximum atomic E-state index is 11.3. The van der Waals surface area contributed by atoms with Crippen LogP contribution < -0.4 is 17.2 Å². The number of rotatable bonds is 8. The summed E-state index contributed by atoms with van der Waals surface area (Å²) < 4.78 is 0. The number of amides is 1. The number of guanidine groups is 1. The Kier molecular flexibility index (Phi) is 7.28. The number of primary amides is 1. The summed E-state index contributed by atoms with van der Waals surface area (Å²) in [5.74, 6) is -0.202. The number of aliphatic imine (C=N–C) groups is 1. The van der Waals surface area contributed by atoms with E-state index in [9.17, 15) is 4.79 Å². The first-order valence-electron chi connectivity index (χ1n) is 5.61. The number of nitrogens with two attached hydrogens (primary N) is 3. The average Bonchev–Trinajstić information content (AvgIpc) is 2.22. The minimum Gasteiger partial charge on any atom is -0.370 e. The van der Waals surface area contributed by atoms with Crippen molar-refractivity contribution in [2.75, 3.05) is 19.6 Å². The second kappa shape index (κ2) is 7.92. The van der Waals surface area contributed by atoms with Crippen LogP contribution in [-0.2, 0) is 4.79 Å². The van der Waals surface area contributed by atoms with Crippen LogP contribution in [0.3, 0.4) is 0 Å². The fourth-order valence-corrected chi connectivity index (χ4v) is 1.66. The third-order valence-electron chi connectivity index (χ3n) is 2.51. The van der Waals surface area contributed by atoms with Crippen LogP contribution in [0.15, 0.2) is 4.99 Å². The molecule has 0 aromatic carbocycles. The highest BCUT2D eigenvalue weighted by Crippen LogP contribution is 2.06. The van der Waals surface area contributed by atoms with Gasteiger partial charge in [0.2, 0.25) is 5.91 Å². The van der Waals surface area contributed by atoms with Gasteiger partial charge in [-0.3, -0.25) is 14.7 Å². The van der Waals surface area contributed by atoms with E-state index in [2.05, 4.69) is 4.99 Å². The summed E-state index contributed by atoms with van der Waals surface area (Å²) >= 11 is 0. The van der Waals surface area contributed by atoms with Gasteiger partial charge in [0.15, 0.2) is 5.96 Å². The Labute approximate surface area is 96.9 Å². The van der Waals surface area contributed by atoms with Gasteiger partial charge in [0.05, 0.1) is 6.04 Å². The number of hydrogen-bond acceptors (Lipinski definition) is 3. The van der Waals surface area contributed by atoms with Crippen LogP contribution in [0.1, 0.15) is 26.7 Å². The van der Waals surface area contributed by atoms with Gasteiger partial charge in [0, 0.05) is 6.54 Å². The van der Waals surface area contributed by atoms with Crippen molar-refractivity contribution in [3.8, 4) is 0 Å². The van der Waals surface area contributed by atoms with E-state index in [0.29, 0.717) is 13.0 Å². The minimum absolute atomic E-state index is 0.0819. The zero-order valence-corrected chi connectivity index (χ0v) is 10.1. The normalized spacial score (nSPS) is 12.4. The van der Waals surface area contributed by atoms with Crippen LogP contribution >= 0.6 is 0 Å². The van der Waals surface area contributed by atoms with E-state index < -0.39 is 0 Å². The third kappa shape index (κ3) is 5.55. The molecule has 0 bridgehead atoms. The molecule has 1 atom stereocenters. The van der Waals surface area contributed by atoms with Gasteiger partial charge in [0.1, 0.15) is 0 Å². The van der Waals surface area contributed by atoms with E-state index in [4.69, 9.17) is 17.2 Å². The minimum atomic E-state index is -0.284. The van der Waals surface area contributed by atoms with Crippen molar-refractivity contribution < 1.29 is 4.79 Å². The fourth-order valence-electron chi connectivity index (χ4n) is 1.66. The predicted molar refractivity (Wildman–Crippen MR) is 65.8 cm³/mol. The Morgan fingerprint density at radius 1 is 1.25 bits per heavy atom. The fraction of sp³-hybridized carbons (Fsp3) is 0.800. The highest BCUT2D eigenvalue weighted by Gasteiger charge is 2.20. The lowest BCUT2D eigenvalue weighted by Gasteiger charge is -2.26. The van der Waals surface area contributed by atoms with Crippen LogP contribution in [0.2, 0.25) is 0 Å². The van der Waals surface area contributed by atoms with Crippen molar-refractivity contribution in [3.63, 3.8) is 0 Å². The van der Waals surface area contributed by atoms with Gasteiger partial charge >= 0.3 is 0 Å². The SMILES string of the molecule is CCN(CC)[C@@H](CCCN=C(N)N)C(N)=O. The first-order valence-corrected chi connectivity index (χ1v) is 5.61. The van der Waals surface area contributed by atoms with Gasteiger partial charge in [0.25, 0.3) is 0 Å². The van der Waals surface area contributed by atoms with Crippen LogP contribution in [0, 0.1) is 0 Å². The monoisotopic (exact) mass is 229 g/mol. The van der Waals surface area contributed by atoms with E-state index >= 15 is 0 Å². The van der Waals surface area contributed by atoms with E-state index in [1.54, 1.807) is 0 Å². The molecule has 0 fully saturated rings. The largest absolute Gasteiger partial charge is 0.370 e. The Morgan fingerprint density at radius 3 is 2.19 bits per heavy atom. The van der Waals surface area contributed by atoms with Crippen LogP contribution in [0.5, 0.6) is 0 Å². The van der Waals surface area contributed by atoms with Crippen molar-refractivity contribution in [3.05, 3.63) is 0 Å². The molecule has 0 saturated heterocycles. The molecule has 0 aliphatic heterocycles. The molecule has 6 N–H and O–H groups in total. The van der Waals surface area contributed by atoms with Gasteiger partial charge < -0.3 is 17.2 Å². The Morgan fingerprint density at radius 2 is 1.81 bits per heavy atom. The molecule has 0 rings (SSSR count). The van der Waals surface area contributed by atoms with Gasteiger partial charge in [-0.05, 0) is 25.9 Å². The second-order valence-electron chi connectivity index (χ2n) is 3.59. The maximum Gasteiger partial charge on any atom is 0.234 e. The lowest BCUT2D eigenvalue weighted by Crippen LogP contribution is -2.44. The lowest BCUT2D eigenvalue weighted by atomic mass is 10.1. The molecule has 0 spiro atoms. The summed E-state index contributed by atoms with van der Waals surface area (Å²) in [7, 11) is 0. The summed E-state index contributed by atoms with van der Waals surface area (Å²) in [5, 5.41) is 0. The first kappa shape index (κ1) is 14.7. The molecule has 0 radical (unpaired) electrons. The number of likely N-dealkylation sites (N-methyl/N-ethyl adjacent to an activating group) is 1.